The molecule has 0 spiro atoms. The van der Waals surface area contributed by atoms with E-state index < -0.39 is 55.1 Å². The van der Waals surface area contributed by atoms with Gasteiger partial charge in [-0.25, -0.2) is 4.79 Å². The number of carbonyl (C=O) groups is 1. The number of hydrogen-bond donors (Lipinski definition) is 8. The molecular weight excluding hydrogens is 264 g/mol. The van der Waals surface area contributed by atoms with Crippen molar-refractivity contribution < 1.29 is 45.6 Å². The Hall–Kier alpha value is -0.810. The molecule has 8 N–H and O–H groups in total. The maximum atomic E-state index is 11.1. The molecule has 0 radical (unpaired) electrons. The average molecular weight is 284 g/mol. The SMILES string of the molecule is CC(O)(C(O)C(O)CO)C(O)(CC(O)CO)C(=O)O. The van der Waals surface area contributed by atoms with Crippen molar-refractivity contribution in [3.05, 3.63) is 0 Å². The highest BCUT2D eigenvalue weighted by Crippen LogP contribution is 2.32. The highest BCUT2D eigenvalue weighted by molar-refractivity contribution is 5.79. The van der Waals surface area contributed by atoms with Crippen LogP contribution in [0.5, 0.6) is 0 Å². The van der Waals surface area contributed by atoms with Gasteiger partial charge in [0.25, 0.3) is 0 Å². The highest BCUT2D eigenvalue weighted by Gasteiger charge is 2.58. The second-order valence-corrected chi connectivity index (χ2v) is 4.55. The Kier molecular flexibility index (Phi) is 6.29. The Bertz CT molecular complexity index is 305. The van der Waals surface area contributed by atoms with Crippen molar-refractivity contribution in [2.45, 2.75) is 42.9 Å². The molecule has 0 amide bonds. The minimum atomic E-state index is -3.04. The second kappa shape index (κ2) is 6.57. The fourth-order valence-electron chi connectivity index (χ4n) is 1.64. The summed E-state index contributed by atoms with van der Waals surface area (Å²) >= 11 is 0. The minimum absolute atomic E-state index is 0.731. The lowest BCUT2D eigenvalue weighted by Gasteiger charge is -2.42. The Labute approximate surface area is 109 Å². The van der Waals surface area contributed by atoms with Gasteiger partial charge in [-0.15, -0.1) is 0 Å². The first-order valence-corrected chi connectivity index (χ1v) is 5.48. The number of aliphatic hydroxyl groups is 7. The van der Waals surface area contributed by atoms with Crippen LogP contribution < -0.4 is 0 Å². The van der Waals surface area contributed by atoms with Crippen LogP contribution in [0.3, 0.4) is 0 Å². The summed E-state index contributed by atoms with van der Waals surface area (Å²) in [5.74, 6) is -1.96. The third kappa shape index (κ3) is 3.60. The van der Waals surface area contributed by atoms with E-state index in [2.05, 4.69) is 0 Å². The van der Waals surface area contributed by atoms with E-state index >= 15 is 0 Å². The molecule has 114 valence electrons. The zero-order chi connectivity index (χ0) is 15.4. The second-order valence-electron chi connectivity index (χ2n) is 4.55. The molecule has 0 fully saturated rings. The van der Waals surface area contributed by atoms with Crippen molar-refractivity contribution in [3.63, 3.8) is 0 Å². The van der Waals surface area contributed by atoms with Crippen LogP contribution >= 0.6 is 0 Å². The number of hydrogen-bond acceptors (Lipinski definition) is 8. The molecule has 5 atom stereocenters. The van der Waals surface area contributed by atoms with Gasteiger partial charge in [0, 0.05) is 6.42 Å². The normalized spacial score (nSPS) is 22.9. The van der Waals surface area contributed by atoms with Crippen molar-refractivity contribution in [2.24, 2.45) is 0 Å². The summed E-state index contributed by atoms with van der Waals surface area (Å²) < 4.78 is 0. The van der Waals surface area contributed by atoms with Crippen LogP contribution in [0.1, 0.15) is 13.3 Å². The molecule has 0 aliphatic carbocycles. The molecular formula is C10H20O9. The van der Waals surface area contributed by atoms with Gasteiger partial charge in [0.1, 0.15) is 17.8 Å². The molecule has 9 nitrogen and oxygen atoms in total. The van der Waals surface area contributed by atoms with E-state index in [0.29, 0.717) is 0 Å². The van der Waals surface area contributed by atoms with E-state index in [4.69, 9.17) is 15.3 Å². The molecule has 0 aromatic carbocycles. The van der Waals surface area contributed by atoms with Crippen LogP contribution in [-0.2, 0) is 4.79 Å². The molecule has 0 saturated carbocycles. The molecule has 0 rings (SSSR count). The van der Waals surface area contributed by atoms with Gasteiger partial charge in [0.15, 0.2) is 5.60 Å². The fourth-order valence-corrected chi connectivity index (χ4v) is 1.64. The first-order chi connectivity index (χ1) is 8.54. The summed E-state index contributed by atoms with van der Waals surface area (Å²) in [6.07, 6.45) is -6.73. The van der Waals surface area contributed by atoms with E-state index in [1.54, 1.807) is 0 Å². The van der Waals surface area contributed by atoms with Crippen molar-refractivity contribution in [1.29, 1.82) is 0 Å². The van der Waals surface area contributed by atoms with Gasteiger partial charge in [-0.2, -0.15) is 0 Å². The van der Waals surface area contributed by atoms with Crippen LogP contribution in [-0.4, -0.2) is 89.5 Å². The van der Waals surface area contributed by atoms with E-state index in [0.717, 1.165) is 6.92 Å². The summed E-state index contributed by atoms with van der Waals surface area (Å²) in [5.41, 5.74) is -5.82. The van der Waals surface area contributed by atoms with Crippen molar-refractivity contribution in [3.8, 4) is 0 Å². The largest absolute Gasteiger partial charge is 0.479 e. The smallest absolute Gasteiger partial charge is 0.338 e. The first kappa shape index (κ1) is 18.2. The summed E-state index contributed by atoms with van der Waals surface area (Å²) in [6, 6.07) is 0. The van der Waals surface area contributed by atoms with Gasteiger partial charge in [0.05, 0.1) is 19.3 Å². The van der Waals surface area contributed by atoms with Crippen LogP contribution in [0.4, 0.5) is 0 Å². The highest BCUT2D eigenvalue weighted by atomic mass is 16.4. The van der Waals surface area contributed by atoms with Gasteiger partial charge in [-0.05, 0) is 6.92 Å². The molecule has 0 aromatic heterocycles. The summed E-state index contributed by atoms with van der Waals surface area (Å²) in [5, 5.41) is 74.2. The van der Waals surface area contributed by atoms with Gasteiger partial charge in [0.2, 0.25) is 0 Å². The van der Waals surface area contributed by atoms with Crippen LogP contribution in [0, 0.1) is 0 Å². The van der Waals surface area contributed by atoms with E-state index in [-0.39, 0.29) is 0 Å². The van der Waals surface area contributed by atoms with Gasteiger partial charge in [-0.3, -0.25) is 0 Å². The lowest BCUT2D eigenvalue weighted by Crippen LogP contribution is -2.67. The fraction of sp³-hybridized carbons (Fsp3) is 0.900. The van der Waals surface area contributed by atoms with E-state index in [1.165, 1.54) is 0 Å². The van der Waals surface area contributed by atoms with E-state index in [9.17, 15) is 30.3 Å². The molecule has 0 saturated heterocycles. The van der Waals surface area contributed by atoms with Gasteiger partial charge < -0.3 is 40.9 Å². The zero-order valence-electron chi connectivity index (χ0n) is 10.3. The number of carboxylic acids is 1. The predicted octanol–water partition coefficient (Wildman–Crippen LogP) is -3.99. The molecule has 0 aliphatic heterocycles. The molecule has 0 aliphatic rings. The number of aliphatic hydroxyl groups excluding tert-OH is 5. The lowest BCUT2D eigenvalue weighted by atomic mass is 9.75. The van der Waals surface area contributed by atoms with E-state index in [1.807, 2.05) is 0 Å². The quantitative estimate of drug-likeness (QED) is 0.220. The lowest BCUT2D eigenvalue weighted by molar-refractivity contribution is -0.234. The number of carboxylic acid groups (broad SMARTS) is 1. The third-order valence-corrected chi connectivity index (χ3v) is 3.06. The third-order valence-electron chi connectivity index (χ3n) is 3.06. The first-order valence-electron chi connectivity index (χ1n) is 5.48. The average Bonchev–Trinajstić information content (AvgIpc) is 2.35. The van der Waals surface area contributed by atoms with Gasteiger partial charge in [-0.1, -0.05) is 0 Å². The Balaban J connectivity index is 5.42. The van der Waals surface area contributed by atoms with Crippen molar-refractivity contribution in [1.82, 2.24) is 0 Å². The summed E-state index contributed by atoms with van der Waals surface area (Å²) in [6.45, 7) is -1.12. The van der Waals surface area contributed by atoms with Gasteiger partial charge >= 0.3 is 5.97 Å². The van der Waals surface area contributed by atoms with Crippen molar-refractivity contribution in [2.75, 3.05) is 13.2 Å². The Morgan fingerprint density at radius 1 is 1.11 bits per heavy atom. The predicted molar refractivity (Wildman–Crippen MR) is 60.0 cm³/mol. The molecule has 9 heteroatoms. The minimum Gasteiger partial charge on any atom is -0.479 e. The Morgan fingerprint density at radius 2 is 1.58 bits per heavy atom. The summed E-state index contributed by atoms with van der Waals surface area (Å²) in [7, 11) is 0. The summed E-state index contributed by atoms with van der Waals surface area (Å²) in [4.78, 5) is 11.1. The maximum Gasteiger partial charge on any atom is 0.338 e. The Morgan fingerprint density at radius 3 is 1.89 bits per heavy atom. The number of aliphatic carboxylic acids is 1. The molecule has 0 aromatic rings. The topological polar surface area (TPSA) is 179 Å². The molecule has 0 bridgehead atoms. The molecule has 0 heterocycles. The monoisotopic (exact) mass is 284 g/mol. The standard InChI is InChI=1S/C10H20O9/c1-9(18,7(15)6(14)4-12)10(19,8(16)17)2-5(13)3-11/h5-7,11-15,18-19H,2-4H2,1H3,(H,16,17). The van der Waals surface area contributed by atoms with Crippen LogP contribution in [0.15, 0.2) is 0 Å². The van der Waals surface area contributed by atoms with Crippen LogP contribution in [0.2, 0.25) is 0 Å². The maximum absolute atomic E-state index is 11.1. The zero-order valence-corrected chi connectivity index (χ0v) is 10.3. The number of rotatable bonds is 8. The molecule has 19 heavy (non-hydrogen) atoms. The molecule has 5 unspecified atom stereocenters. The van der Waals surface area contributed by atoms with Crippen LogP contribution in [0.25, 0.3) is 0 Å². The van der Waals surface area contributed by atoms with Crippen molar-refractivity contribution >= 4 is 5.97 Å².